The van der Waals surface area contributed by atoms with Gasteiger partial charge >= 0.3 is 5.97 Å². The first-order valence-electron chi connectivity index (χ1n) is 14.6. The van der Waals surface area contributed by atoms with Gasteiger partial charge in [0, 0.05) is 43.7 Å². The molecule has 10 nitrogen and oxygen atoms in total. The highest BCUT2D eigenvalue weighted by molar-refractivity contribution is 7.86. The Bertz CT molecular complexity index is 1510. The van der Waals surface area contributed by atoms with Crippen molar-refractivity contribution in [3.05, 3.63) is 53.6 Å². The van der Waals surface area contributed by atoms with Crippen LogP contribution in [-0.2, 0) is 26.8 Å². The maximum absolute atomic E-state index is 12.6. The number of nitrogens with zero attached hydrogens (tertiary/aromatic N) is 2. The molecule has 0 radical (unpaired) electrons. The molecule has 1 amide bonds. The Hall–Kier alpha value is -3.41. The summed E-state index contributed by atoms with van der Waals surface area (Å²) in [6.45, 7) is 0.689. The first-order valence-corrected chi connectivity index (χ1v) is 16.1. The minimum atomic E-state index is -3.67. The van der Waals surface area contributed by atoms with Crippen molar-refractivity contribution in [3.8, 4) is 17.0 Å². The highest BCUT2D eigenvalue weighted by Gasteiger charge is 2.27. The molecule has 0 bridgehead atoms. The van der Waals surface area contributed by atoms with Gasteiger partial charge < -0.3 is 19.4 Å². The van der Waals surface area contributed by atoms with E-state index in [0.717, 1.165) is 52.1 Å². The van der Waals surface area contributed by atoms with Gasteiger partial charge in [-0.05, 0) is 61.4 Å². The monoisotopic (exact) mass is 598 g/mol. The zero-order valence-electron chi connectivity index (χ0n) is 24.7. The van der Waals surface area contributed by atoms with Crippen molar-refractivity contribution in [1.82, 2.24) is 14.2 Å². The second-order valence-electron chi connectivity index (χ2n) is 10.9. The van der Waals surface area contributed by atoms with Crippen LogP contribution in [0.25, 0.3) is 22.2 Å². The van der Waals surface area contributed by atoms with Crippen LogP contribution in [0.2, 0.25) is 0 Å². The lowest BCUT2D eigenvalue weighted by atomic mass is 9.81. The predicted molar refractivity (Wildman–Crippen MR) is 164 cm³/mol. The van der Waals surface area contributed by atoms with E-state index in [4.69, 9.17) is 14.6 Å². The zero-order chi connectivity index (χ0) is 30.3. The molecule has 1 aliphatic rings. The molecule has 4 rings (SSSR count). The van der Waals surface area contributed by atoms with E-state index in [1.807, 2.05) is 49.5 Å². The van der Waals surface area contributed by atoms with Crippen LogP contribution in [0.5, 0.6) is 5.75 Å². The molecule has 1 heterocycles. The van der Waals surface area contributed by atoms with Crippen LogP contribution in [0.15, 0.2) is 42.5 Å². The molecule has 11 heteroatoms. The van der Waals surface area contributed by atoms with Gasteiger partial charge in [-0.25, -0.2) is 9.93 Å². The van der Waals surface area contributed by atoms with Crippen LogP contribution >= 0.6 is 0 Å². The topological polar surface area (TPSA) is 133 Å². The molecule has 0 saturated heterocycles. The van der Waals surface area contributed by atoms with Gasteiger partial charge in [0.1, 0.15) is 5.75 Å². The predicted octanol–water partition coefficient (Wildman–Crippen LogP) is 4.48. The number of aryl methyl sites for hydroxylation is 1. The second kappa shape index (κ2) is 14.2. The summed E-state index contributed by atoms with van der Waals surface area (Å²) in [6.07, 6.45) is 7.95. The Morgan fingerprint density at radius 2 is 1.81 bits per heavy atom. The summed E-state index contributed by atoms with van der Waals surface area (Å²) in [5.74, 6) is 0.417. The van der Waals surface area contributed by atoms with Crippen LogP contribution < -0.4 is 15.2 Å². The van der Waals surface area contributed by atoms with Crippen LogP contribution in [0.3, 0.4) is 0 Å². The number of nitrogens with one attached hydrogen (secondary N) is 1. The van der Waals surface area contributed by atoms with Crippen LogP contribution in [0.1, 0.15) is 73.2 Å². The smallest absolute Gasteiger partial charge is 0.337 e. The Kier molecular flexibility index (Phi) is 10.6. The van der Waals surface area contributed by atoms with E-state index in [1.54, 1.807) is 0 Å². The molecule has 0 unspecified atom stereocenters. The SMILES string of the molecule is COC(=O)c1ccc2c(C3CCCCC3)c(-c3ccccc3OCC(=O)NCCCCCN(C)S(N)(=O)=O)n(C)c2c1. The number of esters is 1. The summed E-state index contributed by atoms with van der Waals surface area (Å²) >= 11 is 0. The summed E-state index contributed by atoms with van der Waals surface area (Å²) in [5, 5.41) is 9.09. The summed E-state index contributed by atoms with van der Waals surface area (Å²) in [6, 6.07) is 13.5. The van der Waals surface area contributed by atoms with Crippen LogP contribution in [0, 0.1) is 0 Å². The van der Waals surface area contributed by atoms with Crippen molar-refractivity contribution in [3.63, 3.8) is 0 Å². The second-order valence-corrected chi connectivity index (χ2v) is 12.6. The van der Waals surface area contributed by atoms with Crippen molar-refractivity contribution >= 4 is 33.0 Å². The summed E-state index contributed by atoms with van der Waals surface area (Å²) in [5.41, 5.74) is 4.67. The summed E-state index contributed by atoms with van der Waals surface area (Å²) in [7, 11) is 1.18. The first kappa shape index (κ1) is 31.5. The van der Waals surface area contributed by atoms with Gasteiger partial charge in [0.15, 0.2) is 6.61 Å². The molecule has 1 aliphatic carbocycles. The molecule has 0 spiro atoms. The third-order valence-corrected chi connectivity index (χ3v) is 9.13. The number of hydrogen-bond donors (Lipinski definition) is 2. The third-order valence-electron chi connectivity index (χ3n) is 8.08. The van der Waals surface area contributed by atoms with E-state index in [9.17, 15) is 18.0 Å². The van der Waals surface area contributed by atoms with Crippen molar-refractivity contribution in [2.75, 3.05) is 33.9 Å². The molecule has 3 aromatic rings. The molecular formula is C31H42N4O6S. The Morgan fingerprint density at radius 3 is 2.52 bits per heavy atom. The first-order chi connectivity index (χ1) is 20.1. The molecule has 1 saturated carbocycles. The summed E-state index contributed by atoms with van der Waals surface area (Å²) in [4.78, 5) is 24.9. The molecule has 0 atom stereocenters. The van der Waals surface area contributed by atoms with Gasteiger partial charge in [-0.1, -0.05) is 43.9 Å². The molecule has 0 aliphatic heterocycles. The number of nitrogens with two attached hydrogens (primary N) is 1. The minimum absolute atomic E-state index is 0.125. The number of carbonyl (C=O) groups is 2. The van der Waals surface area contributed by atoms with Crippen LogP contribution in [0.4, 0.5) is 0 Å². The van der Waals surface area contributed by atoms with E-state index in [-0.39, 0.29) is 18.5 Å². The maximum Gasteiger partial charge on any atom is 0.337 e. The Morgan fingerprint density at radius 1 is 1.07 bits per heavy atom. The number of aromatic nitrogens is 1. The lowest BCUT2D eigenvalue weighted by Gasteiger charge is -2.24. The zero-order valence-corrected chi connectivity index (χ0v) is 25.5. The fraction of sp³-hybridized carbons (Fsp3) is 0.484. The van der Waals surface area contributed by atoms with Gasteiger partial charge in [0.05, 0.1) is 18.4 Å². The third kappa shape index (κ3) is 7.50. The Labute approximate surface area is 248 Å². The minimum Gasteiger partial charge on any atom is -0.483 e. The van der Waals surface area contributed by atoms with Crippen molar-refractivity contribution in [2.24, 2.45) is 12.2 Å². The van der Waals surface area contributed by atoms with E-state index in [1.165, 1.54) is 39.0 Å². The highest BCUT2D eigenvalue weighted by Crippen LogP contribution is 2.45. The highest BCUT2D eigenvalue weighted by atomic mass is 32.2. The fourth-order valence-corrected chi connectivity index (χ4v) is 6.20. The molecule has 1 fully saturated rings. The van der Waals surface area contributed by atoms with Crippen molar-refractivity contribution in [2.45, 2.75) is 57.3 Å². The van der Waals surface area contributed by atoms with Crippen molar-refractivity contribution < 1.29 is 27.5 Å². The van der Waals surface area contributed by atoms with E-state index < -0.39 is 10.2 Å². The van der Waals surface area contributed by atoms with E-state index >= 15 is 0 Å². The van der Waals surface area contributed by atoms with Crippen LogP contribution in [-0.4, -0.2) is 63.0 Å². The average Bonchev–Trinajstić information content (AvgIpc) is 3.28. The van der Waals surface area contributed by atoms with Gasteiger partial charge in [-0.2, -0.15) is 12.7 Å². The molecule has 228 valence electrons. The number of unbranched alkanes of at least 4 members (excludes halogenated alkanes) is 2. The number of hydrogen-bond acceptors (Lipinski definition) is 6. The number of rotatable bonds is 13. The van der Waals surface area contributed by atoms with E-state index in [2.05, 4.69) is 9.88 Å². The number of methoxy groups -OCH3 is 1. The number of ether oxygens (including phenoxy) is 2. The normalized spacial score (nSPS) is 14.3. The maximum atomic E-state index is 12.6. The largest absolute Gasteiger partial charge is 0.483 e. The number of para-hydroxylation sites is 1. The van der Waals surface area contributed by atoms with Gasteiger partial charge in [-0.3, -0.25) is 4.79 Å². The lowest BCUT2D eigenvalue weighted by molar-refractivity contribution is -0.123. The average molecular weight is 599 g/mol. The Balaban J connectivity index is 1.50. The number of benzene rings is 2. The number of fused-ring (bicyclic) bond motifs is 1. The molecule has 3 N–H and O–H groups in total. The molecule has 42 heavy (non-hydrogen) atoms. The van der Waals surface area contributed by atoms with Gasteiger partial charge in [0.25, 0.3) is 16.1 Å². The van der Waals surface area contributed by atoms with Gasteiger partial charge in [0.2, 0.25) is 0 Å². The number of amides is 1. The molecule has 1 aromatic heterocycles. The summed E-state index contributed by atoms with van der Waals surface area (Å²) < 4.78 is 36.8. The molecular weight excluding hydrogens is 556 g/mol. The van der Waals surface area contributed by atoms with E-state index in [0.29, 0.717) is 36.7 Å². The quantitative estimate of drug-likeness (QED) is 0.220. The fourth-order valence-electron chi connectivity index (χ4n) is 5.81. The van der Waals surface area contributed by atoms with Gasteiger partial charge in [-0.15, -0.1) is 0 Å². The van der Waals surface area contributed by atoms with Crippen molar-refractivity contribution in [1.29, 1.82) is 0 Å². The lowest BCUT2D eigenvalue weighted by Crippen LogP contribution is -2.34. The molecule has 2 aromatic carbocycles. The number of carbonyl (C=O) groups excluding carboxylic acids is 2. The standard InChI is InChI=1S/C31H42N4O6S/c1-34(42(32,38)39)19-11-5-10-18-33-28(36)21-41-27-15-9-8-14-25(27)30-29(22-12-6-4-7-13-22)24-17-16-23(31(37)40-3)20-26(24)35(30)2/h8-9,14-17,20,22H,4-7,10-13,18-19,21H2,1-3H3,(H,33,36)(H2,32,38,39).